The van der Waals surface area contributed by atoms with E-state index in [4.69, 9.17) is 23.7 Å². The molecule has 6 rings (SSSR count). The lowest BCUT2D eigenvalue weighted by Crippen LogP contribution is -2.78. The summed E-state index contributed by atoms with van der Waals surface area (Å²) in [4.78, 5) is 14.0. The summed E-state index contributed by atoms with van der Waals surface area (Å²) in [7, 11) is 7.84. The molecule has 3 N–H and O–H groups in total. The van der Waals surface area contributed by atoms with Crippen LogP contribution in [0.25, 0.3) is 0 Å². The molecular formula is C24H37NO9. The van der Waals surface area contributed by atoms with Gasteiger partial charge in [0.05, 0.1) is 31.0 Å². The summed E-state index contributed by atoms with van der Waals surface area (Å²) in [6, 6.07) is -0.580. The van der Waals surface area contributed by atoms with Crippen LogP contribution in [0.4, 0.5) is 0 Å². The first-order chi connectivity index (χ1) is 16.2. The fourth-order valence-corrected chi connectivity index (χ4v) is 10.6. The van der Waals surface area contributed by atoms with E-state index in [2.05, 4.69) is 0 Å². The maximum Gasteiger partial charge on any atom is 0.196 e. The Bertz CT molecular complexity index is 889. The number of hydrogen-bond acceptors (Lipinski definition) is 10. The molecule has 10 unspecified atom stereocenters. The molecule has 0 aromatic heterocycles. The van der Waals surface area contributed by atoms with Crippen LogP contribution in [0, 0.1) is 34.5 Å². The second-order valence-corrected chi connectivity index (χ2v) is 11.6. The lowest BCUT2D eigenvalue weighted by atomic mass is 9.43. The third-order valence-corrected chi connectivity index (χ3v) is 11.0. The molecular weight excluding hydrogens is 446 g/mol. The zero-order chi connectivity index (χ0) is 24.4. The van der Waals surface area contributed by atoms with Gasteiger partial charge >= 0.3 is 0 Å². The van der Waals surface area contributed by atoms with Gasteiger partial charge in [-0.05, 0) is 25.2 Å². The number of fused-ring (bicyclic) bond motifs is 2. The lowest BCUT2D eigenvalue weighted by molar-refractivity contribution is -0.322. The van der Waals surface area contributed by atoms with E-state index in [1.165, 1.54) is 19.3 Å². The quantitative estimate of drug-likeness (QED) is 0.454. The Balaban J connectivity index is 1.67. The topological polar surface area (TPSA) is 127 Å². The molecule has 6 aliphatic rings. The fourth-order valence-electron chi connectivity index (χ4n) is 10.6. The number of carbonyl (C=O) groups excluding carboxylic acids is 1. The monoisotopic (exact) mass is 483 g/mol. The van der Waals surface area contributed by atoms with Crippen molar-refractivity contribution < 1.29 is 43.9 Å². The van der Waals surface area contributed by atoms with Gasteiger partial charge in [-0.25, -0.2) is 0 Å². The molecule has 7 bridgehead atoms. The number of Topliss-reactive ketones (excluding diaryl/α,β-unsaturated/α-hetero) is 1. The van der Waals surface area contributed by atoms with Gasteiger partial charge in [0.15, 0.2) is 5.78 Å². The molecule has 6 fully saturated rings. The van der Waals surface area contributed by atoms with Gasteiger partial charge in [0, 0.05) is 70.7 Å². The van der Waals surface area contributed by atoms with Gasteiger partial charge in [0.25, 0.3) is 0 Å². The summed E-state index contributed by atoms with van der Waals surface area (Å²) in [5, 5.41) is 37.3. The molecule has 0 aromatic carbocycles. The van der Waals surface area contributed by atoms with E-state index < -0.39 is 64.0 Å². The number of piperidine rings is 1. The van der Waals surface area contributed by atoms with Gasteiger partial charge in [-0.1, -0.05) is 0 Å². The Morgan fingerprint density at radius 1 is 1.03 bits per heavy atom. The van der Waals surface area contributed by atoms with Crippen LogP contribution in [-0.2, 0) is 28.5 Å². The van der Waals surface area contributed by atoms with Crippen molar-refractivity contribution in [2.24, 2.45) is 34.5 Å². The number of ether oxygens (including phenoxy) is 5. The summed E-state index contributed by atoms with van der Waals surface area (Å²) >= 11 is 0. The van der Waals surface area contributed by atoms with E-state index in [0.29, 0.717) is 13.2 Å². The third kappa shape index (κ3) is 2.16. The molecule has 13 atom stereocenters. The third-order valence-electron chi connectivity index (χ3n) is 11.0. The van der Waals surface area contributed by atoms with Crippen molar-refractivity contribution >= 4 is 5.78 Å². The van der Waals surface area contributed by atoms with Crippen molar-refractivity contribution in [3.63, 3.8) is 0 Å². The second kappa shape index (κ2) is 7.20. The number of aliphatic hydroxyl groups is 2. The molecule has 34 heavy (non-hydrogen) atoms. The summed E-state index contributed by atoms with van der Waals surface area (Å²) in [6.45, 7) is 0.771. The molecule has 5 saturated carbocycles. The highest BCUT2D eigenvalue weighted by molar-refractivity contribution is 5.95. The number of ketones is 1. The average Bonchev–Trinajstić information content (AvgIpc) is 3.22. The maximum atomic E-state index is 14.0. The van der Waals surface area contributed by atoms with Crippen LogP contribution in [0.2, 0.25) is 0 Å². The van der Waals surface area contributed by atoms with Crippen LogP contribution in [0.15, 0.2) is 0 Å². The van der Waals surface area contributed by atoms with Crippen LogP contribution >= 0.6 is 0 Å². The predicted octanol–water partition coefficient (Wildman–Crippen LogP) is -0.527. The molecule has 1 spiro atoms. The van der Waals surface area contributed by atoms with E-state index in [9.17, 15) is 20.2 Å². The molecule has 10 heteroatoms. The summed E-state index contributed by atoms with van der Waals surface area (Å²) < 4.78 is 29.5. The van der Waals surface area contributed by atoms with Crippen LogP contribution in [0.1, 0.15) is 19.3 Å². The number of methoxy groups -OCH3 is 5. The zero-order valence-electron chi connectivity index (χ0n) is 20.5. The Morgan fingerprint density at radius 2 is 1.76 bits per heavy atom. The van der Waals surface area contributed by atoms with Gasteiger partial charge in [0.2, 0.25) is 0 Å². The van der Waals surface area contributed by atoms with Crippen LogP contribution in [0.5, 0.6) is 0 Å². The van der Waals surface area contributed by atoms with Crippen molar-refractivity contribution in [3.05, 3.63) is 0 Å². The van der Waals surface area contributed by atoms with Crippen LogP contribution in [-0.4, -0.2) is 117 Å². The van der Waals surface area contributed by atoms with Crippen molar-refractivity contribution in [2.75, 3.05) is 48.7 Å². The van der Waals surface area contributed by atoms with E-state index in [1.807, 2.05) is 0 Å². The van der Waals surface area contributed by atoms with Crippen molar-refractivity contribution in [2.45, 2.75) is 60.9 Å². The highest BCUT2D eigenvalue weighted by Gasteiger charge is 2.90. The molecule has 0 aromatic rings. The van der Waals surface area contributed by atoms with Crippen molar-refractivity contribution in [3.8, 4) is 0 Å². The first kappa shape index (κ1) is 23.7. The van der Waals surface area contributed by atoms with Crippen molar-refractivity contribution in [1.29, 1.82) is 0 Å². The van der Waals surface area contributed by atoms with Gasteiger partial charge in [-0.3, -0.25) is 4.79 Å². The minimum absolute atomic E-state index is 0.143. The highest BCUT2D eigenvalue weighted by Crippen LogP contribution is 2.79. The molecule has 1 heterocycles. The number of rotatable bonds is 6. The minimum Gasteiger partial charge on any atom is -0.384 e. The normalized spacial score (nSPS) is 59.5. The van der Waals surface area contributed by atoms with Gasteiger partial charge < -0.3 is 39.1 Å². The van der Waals surface area contributed by atoms with Gasteiger partial charge in [-0.15, -0.1) is 0 Å². The Labute approximate surface area is 199 Å². The molecule has 10 nitrogen and oxygen atoms in total. The van der Waals surface area contributed by atoms with E-state index in [-0.39, 0.29) is 24.4 Å². The summed E-state index contributed by atoms with van der Waals surface area (Å²) in [6.07, 6.45) is -1.10. The Kier molecular flexibility index (Phi) is 5.02. The number of hydrogen-bond donors (Lipinski definition) is 3. The number of hydroxylamine groups is 2. The SMILES string of the molecule is COC[C@@]12CCC(OC)C34C5CC6(O)C(OC)C5C(O)(C(=O)[C@H]6OC)C(C(OC)C31)[C@@H]4N(O)C2. The zero-order valence-corrected chi connectivity index (χ0v) is 20.5. The predicted molar refractivity (Wildman–Crippen MR) is 115 cm³/mol. The summed E-state index contributed by atoms with van der Waals surface area (Å²) in [5.74, 6) is -2.47. The first-order valence-electron chi connectivity index (χ1n) is 12.2. The maximum absolute atomic E-state index is 14.0. The van der Waals surface area contributed by atoms with Crippen molar-refractivity contribution in [1.82, 2.24) is 5.06 Å². The molecule has 1 saturated heterocycles. The Morgan fingerprint density at radius 3 is 2.35 bits per heavy atom. The fraction of sp³-hybridized carbons (Fsp3) is 0.958. The molecule has 0 amide bonds. The number of carbonyl (C=O) groups is 1. The first-order valence-corrected chi connectivity index (χ1v) is 12.2. The standard InChI is InChI=1S/C24H37NO9/c1-30-10-21-7-6-12(31-2)23-11-8-22(27)19(33-4)13(11)24(28,18(26)20(22)34-5)14(15(32-3)16(21)23)17(23)25(29)9-21/h11-17,19-20,27-29H,6-10H2,1-5H3/t11?,12?,13?,14?,15?,16?,17-,19?,20+,21-,22?,23?,24?/m0/s1. The molecule has 192 valence electrons. The van der Waals surface area contributed by atoms with E-state index in [0.717, 1.165) is 12.8 Å². The molecule has 1 aliphatic heterocycles. The Hall–Kier alpha value is -0.690. The van der Waals surface area contributed by atoms with E-state index >= 15 is 0 Å². The smallest absolute Gasteiger partial charge is 0.196 e. The second-order valence-electron chi connectivity index (χ2n) is 11.6. The molecule has 5 aliphatic carbocycles. The molecule has 0 radical (unpaired) electrons. The van der Waals surface area contributed by atoms with E-state index in [1.54, 1.807) is 21.3 Å². The minimum atomic E-state index is -1.90. The summed E-state index contributed by atoms with van der Waals surface area (Å²) in [5.41, 5.74) is -4.61. The highest BCUT2D eigenvalue weighted by atomic mass is 16.5. The van der Waals surface area contributed by atoms with Gasteiger partial charge in [0.1, 0.15) is 17.3 Å². The van der Waals surface area contributed by atoms with Crippen LogP contribution < -0.4 is 0 Å². The average molecular weight is 484 g/mol. The van der Waals surface area contributed by atoms with Crippen LogP contribution in [0.3, 0.4) is 0 Å². The van der Waals surface area contributed by atoms with Gasteiger partial charge in [-0.2, -0.15) is 5.06 Å². The largest absolute Gasteiger partial charge is 0.384 e. The number of nitrogens with zero attached hydrogens (tertiary/aromatic N) is 1. The lowest BCUT2D eigenvalue weighted by Gasteiger charge is -2.67.